The van der Waals surface area contributed by atoms with Crippen molar-refractivity contribution in [1.82, 2.24) is 4.90 Å². The molecule has 1 aliphatic rings. The molecular weight excluding hydrogens is 397 g/mol. The average molecular weight is 415 g/mol. The van der Waals surface area contributed by atoms with E-state index in [1.165, 1.54) is 30.3 Å². The molecule has 3 aromatic carbocycles. The van der Waals surface area contributed by atoms with Crippen LogP contribution in [0.2, 0.25) is 0 Å². The molecule has 0 radical (unpaired) electrons. The van der Waals surface area contributed by atoms with Gasteiger partial charge >= 0.3 is 5.97 Å². The van der Waals surface area contributed by atoms with Crippen molar-refractivity contribution in [1.29, 1.82) is 0 Å². The summed E-state index contributed by atoms with van der Waals surface area (Å²) < 4.78 is 13.7. The summed E-state index contributed by atoms with van der Waals surface area (Å²) in [6.45, 7) is 3.81. The fourth-order valence-corrected chi connectivity index (χ4v) is 4.22. The van der Waals surface area contributed by atoms with Gasteiger partial charge in [0.15, 0.2) is 5.54 Å². The number of fused-ring (bicyclic) bond motifs is 1. The number of nitrogens with zero attached hydrogens (tertiary/aromatic N) is 1. The fourth-order valence-electron chi connectivity index (χ4n) is 4.22. The van der Waals surface area contributed by atoms with Crippen LogP contribution in [0.25, 0.3) is 0 Å². The third-order valence-corrected chi connectivity index (χ3v) is 5.60. The molecule has 0 saturated carbocycles. The zero-order chi connectivity index (χ0) is 22.2. The van der Waals surface area contributed by atoms with Gasteiger partial charge in [0.05, 0.1) is 11.1 Å². The number of benzene rings is 3. The SMILES string of the molecule is C=C[C@H](c1ccccc1)[C@@](C(=O)O)(c1ccc(F)cc1)N1C(=O)c2ccccc2C1=O. The molecule has 0 spiro atoms. The van der Waals surface area contributed by atoms with E-state index >= 15 is 0 Å². The Labute approximate surface area is 178 Å². The van der Waals surface area contributed by atoms with Gasteiger partial charge in [-0.3, -0.25) is 14.5 Å². The van der Waals surface area contributed by atoms with Crippen LogP contribution in [0.3, 0.4) is 0 Å². The molecule has 1 aliphatic heterocycles. The van der Waals surface area contributed by atoms with Crippen molar-refractivity contribution in [3.05, 3.63) is 120 Å². The number of rotatable bonds is 6. The lowest BCUT2D eigenvalue weighted by Gasteiger charge is -2.42. The number of imide groups is 1. The first-order valence-electron chi connectivity index (χ1n) is 9.57. The number of hydrogen-bond donors (Lipinski definition) is 1. The molecule has 0 aromatic heterocycles. The number of carbonyl (C=O) groups is 3. The van der Waals surface area contributed by atoms with Crippen LogP contribution >= 0.6 is 0 Å². The van der Waals surface area contributed by atoms with Crippen molar-refractivity contribution >= 4 is 17.8 Å². The summed E-state index contributed by atoms with van der Waals surface area (Å²) in [6.07, 6.45) is 1.40. The van der Waals surface area contributed by atoms with Crippen molar-refractivity contribution < 1.29 is 23.9 Å². The Morgan fingerprint density at radius 2 is 1.42 bits per heavy atom. The van der Waals surface area contributed by atoms with Crippen LogP contribution in [0.4, 0.5) is 4.39 Å². The van der Waals surface area contributed by atoms with Gasteiger partial charge in [0.1, 0.15) is 5.82 Å². The van der Waals surface area contributed by atoms with Gasteiger partial charge in [0.25, 0.3) is 11.8 Å². The Morgan fingerprint density at radius 1 is 0.903 bits per heavy atom. The Morgan fingerprint density at radius 3 is 1.90 bits per heavy atom. The van der Waals surface area contributed by atoms with Gasteiger partial charge in [-0.1, -0.05) is 60.7 Å². The van der Waals surface area contributed by atoms with E-state index in [9.17, 15) is 23.9 Å². The highest BCUT2D eigenvalue weighted by atomic mass is 19.1. The molecule has 31 heavy (non-hydrogen) atoms. The van der Waals surface area contributed by atoms with Crippen LogP contribution in [0.15, 0.2) is 91.5 Å². The molecular formula is C25H18FNO4. The van der Waals surface area contributed by atoms with E-state index in [4.69, 9.17) is 0 Å². The van der Waals surface area contributed by atoms with Crippen molar-refractivity contribution in [3.8, 4) is 0 Å². The van der Waals surface area contributed by atoms with Crippen molar-refractivity contribution in [2.24, 2.45) is 0 Å². The second kappa shape index (κ2) is 7.65. The Bertz CT molecular complexity index is 1150. The predicted molar refractivity (Wildman–Crippen MR) is 112 cm³/mol. The normalized spacial score (nSPS) is 15.8. The molecule has 0 fully saturated rings. The maximum atomic E-state index is 13.7. The molecule has 2 amide bonds. The van der Waals surface area contributed by atoms with Crippen molar-refractivity contribution in [2.75, 3.05) is 0 Å². The molecule has 4 rings (SSSR count). The molecule has 0 aliphatic carbocycles. The second-order valence-electron chi connectivity index (χ2n) is 7.19. The van der Waals surface area contributed by atoms with Gasteiger partial charge in [0.2, 0.25) is 0 Å². The summed E-state index contributed by atoms with van der Waals surface area (Å²) in [5.41, 5.74) is -1.30. The summed E-state index contributed by atoms with van der Waals surface area (Å²) in [5.74, 6) is -4.45. The minimum atomic E-state index is -2.18. The quantitative estimate of drug-likeness (QED) is 0.479. The third kappa shape index (κ3) is 2.95. The first-order valence-corrected chi connectivity index (χ1v) is 9.57. The van der Waals surface area contributed by atoms with Crippen LogP contribution in [-0.2, 0) is 10.3 Å². The first kappa shape index (κ1) is 20.2. The maximum absolute atomic E-state index is 13.7. The van der Waals surface area contributed by atoms with E-state index in [0.717, 1.165) is 17.0 Å². The number of carboxylic acid groups (broad SMARTS) is 1. The highest BCUT2D eigenvalue weighted by Gasteiger charge is 2.59. The molecule has 0 unspecified atom stereocenters. The number of halogens is 1. The second-order valence-corrected chi connectivity index (χ2v) is 7.19. The topological polar surface area (TPSA) is 74.7 Å². The van der Waals surface area contributed by atoms with E-state index in [-0.39, 0.29) is 16.7 Å². The third-order valence-electron chi connectivity index (χ3n) is 5.60. The lowest BCUT2D eigenvalue weighted by Crippen LogP contribution is -2.57. The minimum Gasteiger partial charge on any atom is -0.479 e. The van der Waals surface area contributed by atoms with Crippen LogP contribution in [0.1, 0.15) is 37.8 Å². The predicted octanol–water partition coefficient (Wildman–Crippen LogP) is 4.37. The maximum Gasteiger partial charge on any atom is 0.335 e. The average Bonchev–Trinajstić information content (AvgIpc) is 3.04. The Balaban J connectivity index is 2.05. The lowest BCUT2D eigenvalue weighted by molar-refractivity contribution is -0.150. The molecule has 3 aromatic rings. The fraction of sp³-hybridized carbons (Fsp3) is 0.0800. The van der Waals surface area contributed by atoms with Crippen molar-refractivity contribution in [2.45, 2.75) is 11.5 Å². The Hall–Kier alpha value is -4.06. The molecule has 0 bridgehead atoms. The smallest absolute Gasteiger partial charge is 0.335 e. The largest absolute Gasteiger partial charge is 0.479 e. The van der Waals surface area contributed by atoms with Crippen LogP contribution < -0.4 is 0 Å². The monoisotopic (exact) mass is 415 g/mol. The molecule has 5 nitrogen and oxygen atoms in total. The molecule has 6 heteroatoms. The first-order chi connectivity index (χ1) is 14.9. The summed E-state index contributed by atoms with van der Waals surface area (Å²) in [5, 5.41) is 10.6. The number of amides is 2. The van der Waals surface area contributed by atoms with Crippen LogP contribution in [-0.4, -0.2) is 27.8 Å². The van der Waals surface area contributed by atoms with E-state index in [0.29, 0.717) is 5.56 Å². The summed E-state index contributed by atoms with van der Waals surface area (Å²) in [6, 6.07) is 19.6. The number of hydrogen-bond acceptors (Lipinski definition) is 3. The molecule has 1 N–H and O–H groups in total. The van der Waals surface area contributed by atoms with Crippen molar-refractivity contribution in [3.63, 3.8) is 0 Å². The van der Waals surface area contributed by atoms with Gasteiger partial charge in [0, 0.05) is 5.92 Å². The minimum absolute atomic E-state index is 0.0876. The van der Waals surface area contributed by atoms with Gasteiger partial charge in [-0.05, 0) is 35.4 Å². The highest BCUT2D eigenvalue weighted by molar-refractivity contribution is 6.23. The summed E-state index contributed by atoms with van der Waals surface area (Å²) in [7, 11) is 0. The number of aliphatic carboxylic acids is 1. The van der Waals surface area contributed by atoms with E-state index in [2.05, 4.69) is 6.58 Å². The summed E-state index contributed by atoms with van der Waals surface area (Å²) >= 11 is 0. The van der Waals surface area contributed by atoms with Gasteiger partial charge in [-0.25, -0.2) is 9.18 Å². The number of carbonyl (C=O) groups excluding carboxylic acids is 2. The van der Waals surface area contributed by atoms with Crippen LogP contribution in [0, 0.1) is 5.82 Å². The van der Waals surface area contributed by atoms with Gasteiger partial charge in [-0.15, -0.1) is 6.58 Å². The van der Waals surface area contributed by atoms with Gasteiger partial charge in [-0.2, -0.15) is 0 Å². The zero-order valence-corrected chi connectivity index (χ0v) is 16.4. The lowest BCUT2D eigenvalue weighted by atomic mass is 9.73. The molecule has 2 atom stereocenters. The Kier molecular flexibility index (Phi) is 4.99. The molecule has 0 saturated heterocycles. The van der Waals surface area contributed by atoms with E-state index < -0.39 is 35.1 Å². The van der Waals surface area contributed by atoms with Crippen LogP contribution in [0.5, 0.6) is 0 Å². The molecule has 1 heterocycles. The zero-order valence-electron chi connectivity index (χ0n) is 16.4. The number of carboxylic acids is 1. The van der Waals surface area contributed by atoms with E-state index in [1.807, 2.05) is 0 Å². The standard InChI is InChI=1S/C25H18FNO4/c1-2-21(16-8-4-3-5-9-16)25(24(30)31,17-12-14-18(26)15-13-17)27-22(28)19-10-6-7-11-20(19)23(27)29/h2-15,21H,1H2,(H,30,31)/t21-,25-/m1/s1. The van der Waals surface area contributed by atoms with E-state index in [1.54, 1.807) is 42.5 Å². The summed E-state index contributed by atoms with van der Waals surface area (Å²) in [4.78, 5) is 40.6. The van der Waals surface area contributed by atoms with Gasteiger partial charge < -0.3 is 5.11 Å². The highest BCUT2D eigenvalue weighted by Crippen LogP contribution is 2.46. The molecule has 154 valence electrons.